The second-order valence-electron chi connectivity index (χ2n) is 4.96. The second-order valence-corrected chi connectivity index (χ2v) is 6.64. The third-order valence-electron chi connectivity index (χ3n) is 3.45. The van der Waals surface area contributed by atoms with Crippen molar-refractivity contribution < 1.29 is 18.3 Å². The van der Waals surface area contributed by atoms with E-state index in [1.54, 1.807) is 12.1 Å². The lowest BCUT2D eigenvalue weighted by molar-refractivity contribution is 0.0696. The van der Waals surface area contributed by atoms with Crippen molar-refractivity contribution in [2.75, 3.05) is 4.72 Å². The van der Waals surface area contributed by atoms with Crippen LogP contribution in [0.3, 0.4) is 0 Å². The van der Waals surface area contributed by atoms with Crippen molar-refractivity contribution in [2.24, 2.45) is 0 Å². The van der Waals surface area contributed by atoms with Gasteiger partial charge in [0.15, 0.2) is 0 Å². The zero-order valence-corrected chi connectivity index (χ0v) is 12.7. The maximum atomic E-state index is 12.5. The van der Waals surface area contributed by atoms with Gasteiger partial charge in [0.2, 0.25) is 0 Å². The van der Waals surface area contributed by atoms with Crippen LogP contribution in [0.5, 0.6) is 0 Å². The molecular weight excluding hydrogens is 314 g/mol. The molecule has 0 amide bonds. The molecule has 0 aromatic heterocycles. The fourth-order valence-electron chi connectivity index (χ4n) is 2.29. The van der Waals surface area contributed by atoms with Gasteiger partial charge in [0.25, 0.3) is 10.0 Å². The van der Waals surface area contributed by atoms with Crippen LogP contribution in [0, 0.1) is 0 Å². The number of carboxylic acid groups (broad SMARTS) is 1. The summed E-state index contributed by atoms with van der Waals surface area (Å²) in [5.41, 5.74) is 0.513. The predicted octanol–water partition coefficient (Wildman–Crippen LogP) is 3.34. The third-order valence-corrected chi connectivity index (χ3v) is 4.83. The molecule has 3 aromatic rings. The summed E-state index contributed by atoms with van der Waals surface area (Å²) in [6.07, 6.45) is 0. The van der Waals surface area contributed by atoms with Crippen LogP contribution in [0.15, 0.2) is 71.6 Å². The van der Waals surface area contributed by atoms with Crippen LogP contribution in [0.2, 0.25) is 0 Å². The van der Waals surface area contributed by atoms with E-state index in [1.165, 1.54) is 24.3 Å². The molecule has 2 N–H and O–H groups in total. The highest BCUT2D eigenvalue weighted by atomic mass is 32.2. The van der Waals surface area contributed by atoms with Crippen molar-refractivity contribution in [3.05, 3.63) is 72.3 Å². The number of rotatable bonds is 4. The first-order chi connectivity index (χ1) is 11.0. The zero-order valence-electron chi connectivity index (χ0n) is 11.9. The fourth-order valence-corrected chi connectivity index (χ4v) is 3.37. The molecule has 0 fully saturated rings. The summed E-state index contributed by atoms with van der Waals surface area (Å²) < 4.78 is 27.5. The molecule has 0 aliphatic rings. The molecule has 0 aliphatic heterocycles. The molecule has 0 spiro atoms. The SMILES string of the molecule is O=C(O)c1ccc(S(=O)(=O)Nc2cccc3ccccc23)cc1. The highest BCUT2D eigenvalue weighted by molar-refractivity contribution is 7.92. The summed E-state index contributed by atoms with van der Waals surface area (Å²) >= 11 is 0. The summed E-state index contributed by atoms with van der Waals surface area (Å²) in [5, 5.41) is 10.6. The largest absolute Gasteiger partial charge is 0.478 e. The number of fused-ring (bicyclic) bond motifs is 1. The average molecular weight is 327 g/mol. The number of anilines is 1. The molecule has 0 heterocycles. The minimum atomic E-state index is -3.79. The molecule has 0 saturated carbocycles. The molecule has 116 valence electrons. The van der Waals surface area contributed by atoms with E-state index in [4.69, 9.17) is 5.11 Å². The van der Waals surface area contributed by atoms with Crippen molar-refractivity contribution in [2.45, 2.75) is 4.90 Å². The van der Waals surface area contributed by atoms with Crippen molar-refractivity contribution in [1.82, 2.24) is 0 Å². The van der Waals surface area contributed by atoms with E-state index in [0.717, 1.165) is 10.8 Å². The average Bonchev–Trinajstić information content (AvgIpc) is 2.55. The van der Waals surface area contributed by atoms with E-state index in [1.807, 2.05) is 30.3 Å². The van der Waals surface area contributed by atoms with Crippen molar-refractivity contribution >= 4 is 32.5 Å². The summed E-state index contributed by atoms with van der Waals surface area (Å²) in [6.45, 7) is 0. The Bertz CT molecular complexity index is 974. The lowest BCUT2D eigenvalue weighted by Gasteiger charge is -2.11. The van der Waals surface area contributed by atoms with Crippen LogP contribution in [0.1, 0.15) is 10.4 Å². The molecule has 0 saturated heterocycles. The molecule has 0 atom stereocenters. The maximum absolute atomic E-state index is 12.5. The Kier molecular flexibility index (Phi) is 3.75. The number of nitrogens with one attached hydrogen (secondary N) is 1. The molecule has 6 heteroatoms. The minimum Gasteiger partial charge on any atom is -0.478 e. The summed E-state index contributed by atoms with van der Waals surface area (Å²) in [4.78, 5) is 10.8. The lowest BCUT2D eigenvalue weighted by atomic mass is 10.1. The quantitative estimate of drug-likeness (QED) is 0.770. The van der Waals surface area contributed by atoms with Gasteiger partial charge in [0.1, 0.15) is 0 Å². The van der Waals surface area contributed by atoms with Gasteiger partial charge in [0, 0.05) is 5.39 Å². The smallest absolute Gasteiger partial charge is 0.335 e. The van der Waals surface area contributed by atoms with Crippen molar-refractivity contribution in [1.29, 1.82) is 0 Å². The minimum absolute atomic E-state index is 0.00966. The molecule has 23 heavy (non-hydrogen) atoms. The van der Waals surface area contributed by atoms with E-state index >= 15 is 0 Å². The summed E-state index contributed by atoms with van der Waals surface area (Å²) in [5.74, 6) is -1.10. The van der Waals surface area contributed by atoms with E-state index < -0.39 is 16.0 Å². The maximum Gasteiger partial charge on any atom is 0.335 e. The van der Waals surface area contributed by atoms with Gasteiger partial charge < -0.3 is 5.11 Å². The van der Waals surface area contributed by atoms with E-state index in [0.29, 0.717) is 5.69 Å². The third kappa shape index (κ3) is 3.02. The Balaban J connectivity index is 1.98. The standard InChI is InChI=1S/C17H13NO4S/c19-17(20)13-8-10-14(11-9-13)23(21,22)18-16-7-3-5-12-4-1-2-6-15(12)16/h1-11,18H,(H,19,20). The molecular formula is C17H13NO4S. The highest BCUT2D eigenvalue weighted by Crippen LogP contribution is 2.25. The van der Waals surface area contributed by atoms with Crippen LogP contribution in [0.25, 0.3) is 10.8 Å². The van der Waals surface area contributed by atoms with Crippen LogP contribution < -0.4 is 4.72 Å². The Morgan fingerprint density at radius 2 is 1.52 bits per heavy atom. The fraction of sp³-hybridized carbons (Fsp3) is 0. The van der Waals surface area contributed by atoms with Crippen LogP contribution in [0.4, 0.5) is 5.69 Å². The molecule has 3 rings (SSSR count). The summed E-state index contributed by atoms with van der Waals surface area (Å²) in [6, 6.07) is 17.9. The van der Waals surface area contributed by atoms with E-state index in [9.17, 15) is 13.2 Å². The van der Waals surface area contributed by atoms with Gasteiger partial charge in [-0.15, -0.1) is 0 Å². The lowest BCUT2D eigenvalue weighted by Crippen LogP contribution is -2.13. The molecule has 0 aliphatic carbocycles. The van der Waals surface area contributed by atoms with Crippen LogP contribution >= 0.6 is 0 Å². The zero-order chi connectivity index (χ0) is 16.4. The number of benzene rings is 3. The molecule has 5 nitrogen and oxygen atoms in total. The van der Waals surface area contributed by atoms with Crippen molar-refractivity contribution in [3.63, 3.8) is 0 Å². The van der Waals surface area contributed by atoms with Gasteiger partial charge in [-0.2, -0.15) is 0 Å². The van der Waals surface area contributed by atoms with E-state index in [2.05, 4.69) is 4.72 Å². The number of sulfonamides is 1. The predicted molar refractivity (Wildman–Crippen MR) is 88.2 cm³/mol. The van der Waals surface area contributed by atoms with Gasteiger partial charge in [-0.25, -0.2) is 13.2 Å². The van der Waals surface area contributed by atoms with Gasteiger partial charge in [0.05, 0.1) is 16.1 Å². The first-order valence-electron chi connectivity index (χ1n) is 6.81. The Morgan fingerprint density at radius 1 is 0.870 bits per heavy atom. The highest BCUT2D eigenvalue weighted by Gasteiger charge is 2.16. The van der Waals surface area contributed by atoms with Gasteiger partial charge in [-0.1, -0.05) is 36.4 Å². The Hall–Kier alpha value is -2.86. The first-order valence-corrected chi connectivity index (χ1v) is 8.30. The topological polar surface area (TPSA) is 83.5 Å². The number of hydrogen-bond donors (Lipinski definition) is 2. The number of carboxylic acids is 1. The van der Waals surface area contributed by atoms with E-state index in [-0.39, 0.29) is 10.5 Å². The Morgan fingerprint density at radius 3 is 2.22 bits per heavy atom. The van der Waals surface area contributed by atoms with Crippen LogP contribution in [-0.4, -0.2) is 19.5 Å². The Labute approximate surface area is 133 Å². The number of aromatic carboxylic acids is 1. The number of carbonyl (C=O) groups is 1. The molecule has 0 radical (unpaired) electrons. The normalized spacial score (nSPS) is 11.3. The van der Waals surface area contributed by atoms with Gasteiger partial charge in [-0.3, -0.25) is 4.72 Å². The summed E-state index contributed by atoms with van der Waals surface area (Å²) in [7, 11) is -3.79. The second kappa shape index (κ2) is 5.73. The molecule has 0 bridgehead atoms. The molecule has 3 aromatic carbocycles. The monoisotopic (exact) mass is 327 g/mol. The van der Waals surface area contributed by atoms with Gasteiger partial charge in [-0.05, 0) is 35.7 Å². The number of hydrogen-bond acceptors (Lipinski definition) is 3. The molecule has 0 unspecified atom stereocenters. The van der Waals surface area contributed by atoms with Crippen LogP contribution in [-0.2, 0) is 10.0 Å². The first kappa shape index (κ1) is 15.1. The van der Waals surface area contributed by atoms with Crippen molar-refractivity contribution in [3.8, 4) is 0 Å². The van der Waals surface area contributed by atoms with Gasteiger partial charge >= 0.3 is 5.97 Å².